The van der Waals surface area contributed by atoms with E-state index >= 15 is 0 Å². The van der Waals surface area contributed by atoms with Gasteiger partial charge < -0.3 is 14.9 Å². The number of nitrogens with zero attached hydrogens (tertiary/aromatic N) is 1. The van der Waals surface area contributed by atoms with Gasteiger partial charge in [-0.2, -0.15) is 0 Å². The molecule has 4 heteroatoms. The normalized spacial score (nSPS) is 24.2. The first-order valence-corrected chi connectivity index (χ1v) is 4.69. The Morgan fingerprint density at radius 1 is 1.38 bits per heavy atom. The summed E-state index contributed by atoms with van der Waals surface area (Å²) < 4.78 is 5.20. The Morgan fingerprint density at radius 3 is 2.46 bits per heavy atom. The highest BCUT2D eigenvalue weighted by atomic mass is 16.5. The van der Waals surface area contributed by atoms with Crippen LogP contribution in [0.15, 0.2) is 0 Å². The van der Waals surface area contributed by atoms with Crippen LogP contribution in [-0.4, -0.2) is 60.2 Å². The van der Waals surface area contributed by atoms with E-state index in [9.17, 15) is 5.11 Å². The molecular formula is C9H18NO3. The van der Waals surface area contributed by atoms with Crippen LogP contribution in [0.5, 0.6) is 0 Å². The Hall–Kier alpha value is -0.160. The average Bonchev–Trinajstić information content (AvgIpc) is 2.15. The summed E-state index contributed by atoms with van der Waals surface area (Å²) in [5, 5.41) is 18.2. The van der Waals surface area contributed by atoms with E-state index in [0.717, 1.165) is 13.1 Å². The third-order valence-corrected chi connectivity index (χ3v) is 2.38. The Balaban J connectivity index is 2.41. The first-order chi connectivity index (χ1) is 6.25. The maximum atomic E-state index is 9.39. The van der Waals surface area contributed by atoms with Crippen LogP contribution in [0.3, 0.4) is 0 Å². The van der Waals surface area contributed by atoms with E-state index in [1.54, 1.807) is 0 Å². The topological polar surface area (TPSA) is 52.9 Å². The van der Waals surface area contributed by atoms with Crippen LogP contribution >= 0.6 is 0 Å². The molecule has 0 spiro atoms. The number of hydrogen-bond acceptors (Lipinski definition) is 4. The number of hydrogen-bond donors (Lipinski definition) is 2. The van der Waals surface area contributed by atoms with Crippen molar-refractivity contribution >= 4 is 0 Å². The van der Waals surface area contributed by atoms with E-state index in [0.29, 0.717) is 19.6 Å². The van der Waals surface area contributed by atoms with Crippen molar-refractivity contribution in [2.75, 3.05) is 32.9 Å². The summed E-state index contributed by atoms with van der Waals surface area (Å²) in [5.41, 5.74) is 0. The monoisotopic (exact) mass is 188 g/mol. The molecule has 0 saturated carbocycles. The molecule has 1 heterocycles. The minimum absolute atomic E-state index is 0.0334. The third kappa shape index (κ3) is 3.23. The second-order valence-electron chi connectivity index (χ2n) is 3.30. The molecule has 1 aliphatic rings. The van der Waals surface area contributed by atoms with Crippen LogP contribution in [0.2, 0.25) is 0 Å². The van der Waals surface area contributed by atoms with Crippen LogP contribution in [0.25, 0.3) is 0 Å². The summed E-state index contributed by atoms with van der Waals surface area (Å²) in [5.74, 6) is 0. The van der Waals surface area contributed by atoms with Gasteiger partial charge in [0.1, 0.15) is 0 Å². The van der Waals surface area contributed by atoms with Gasteiger partial charge in [-0.1, -0.05) is 0 Å². The van der Waals surface area contributed by atoms with E-state index in [-0.39, 0.29) is 12.6 Å². The predicted octanol–water partition coefficient (Wildman–Crippen LogP) is -0.735. The quantitative estimate of drug-likeness (QED) is 0.610. The molecule has 2 atom stereocenters. The molecule has 2 N–H and O–H groups in total. The maximum Gasteiger partial charge on any atom is 0.0697 e. The Labute approximate surface area is 79.1 Å². The smallest absolute Gasteiger partial charge is 0.0697 e. The maximum absolute atomic E-state index is 9.39. The standard InChI is InChI=1S/C9H18NO3/c1-8(12)9(2-5-11)10-3-6-13-7-4-10/h8-9,11-12H,1-7H2. The van der Waals surface area contributed by atoms with Crippen molar-refractivity contribution in [3.8, 4) is 0 Å². The zero-order chi connectivity index (χ0) is 9.68. The van der Waals surface area contributed by atoms with Gasteiger partial charge in [0.25, 0.3) is 0 Å². The first-order valence-electron chi connectivity index (χ1n) is 4.69. The van der Waals surface area contributed by atoms with Gasteiger partial charge in [-0.25, -0.2) is 0 Å². The molecule has 1 aliphatic heterocycles. The largest absolute Gasteiger partial charge is 0.396 e. The number of morpholine rings is 1. The van der Waals surface area contributed by atoms with Gasteiger partial charge >= 0.3 is 0 Å². The summed E-state index contributed by atoms with van der Waals surface area (Å²) in [6.45, 7) is 6.73. The van der Waals surface area contributed by atoms with Crippen molar-refractivity contribution < 1.29 is 14.9 Å². The highest BCUT2D eigenvalue weighted by Gasteiger charge is 2.24. The summed E-state index contributed by atoms with van der Waals surface area (Å²) in [7, 11) is 0. The molecule has 0 aromatic heterocycles. The molecule has 2 unspecified atom stereocenters. The second-order valence-corrected chi connectivity index (χ2v) is 3.30. The Kier molecular flexibility index (Phi) is 4.66. The molecule has 1 radical (unpaired) electrons. The highest BCUT2D eigenvalue weighted by Crippen LogP contribution is 2.10. The van der Waals surface area contributed by atoms with Gasteiger partial charge in [0.2, 0.25) is 0 Å². The Bertz CT molecular complexity index is 135. The van der Waals surface area contributed by atoms with Crippen molar-refractivity contribution in [1.82, 2.24) is 4.90 Å². The lowest BCUT2D eigenvalue weighted by Gasteiger charge is -2.35. The average molecular weight is 188 g/mol. The van der Waals surface area contributed by atoms with Gasteiger partial charge in [0.05, 0.1) is 19.3 Å². The molecule has 1 rings (SSSR count). The summed E-state index contributed by atoms with van der Waals surface area (Å²) in [6.07, 6.45) is -0.0600. The van der Waals surface area contributed by atoms with Gasteiger partial charge in [-0.05, 0) is 13.3 Å². The molecule has 77 valence electrons. The first kappa shape index (κ1) is 10.9. The van der Waals surface area contributed by atoms with Crippen molar-refractivity contribution in [2.24, 2.45) is 0 Å². The molecular weight excluding hydrogens is 170 g/mol. The van der Waals surface area contributed by atoms with Crippen molar-refractivity contribution in [2.45, 2.75) is 18.6 Å². The van der Waals surface area contributed by atoms with E-state index in [4.69, 9.17) is 9.84 Å². The van der Waals surface area contributed by atoms with Crippen LogP contribution in [0.4, 0.5) is 0 Å². The summed E-state index contributed by atoms with van der Waals surface area (Å²) in [6, 6.07) is -0.0334. The van der Waals surface area contributed by atoms with Crippen molar-refractivity contribution in [1.29, 1.82) is 0 Å². The van der Waals surface area contributed by atoms with E-state index in [2.05, 4.69) is 11.8 Å². The minimum Gasteiger partial charge on any atom is -0.396 e. The fourth-order valence-electron chi connectivity index (χ4n) is 1.66. The van der Waals surface area contributed by atoms with Gasteiger partial charge in [0, 0.05) is 25.7 Å². The summed E-state index contributed by atoms with van der Waals surface area (Å²) >= 11 is 0. The van der Waals surface area contributed by atoms with E-state index < -0.39 is 6.10 Å². The van der Waals surface area contributed by atoms with Gasteiger partial charge in [-0.15, -0.1) is 0 Å². The minimum atomic E-state index is -0.634. The third-order valence-electron chi connectivity index (χ3n) is 2.38. The summed E-state index contributed by atoms with van der Waals surface area (Å²) in [4.78, 5) is 2.12. The number of aliphatic hydroxyl groups excluding tert-OH is 2. The molecule has 0 aromatic rings. The number of rotatable bonds is 4. The molecule has 1 fully saturated rings. The van der Waals surface area contributed by atoms with E-state index in [1.807, 2.05) is 0 Å². The molecule has 0 aliphatic carbocycles. The van der Waals surface area contributed by atoms with Crippen LogP contribution in [0, 0.1) is 6.92 Å². The lowest BCUT2D eigenvalue weighted by Crippen LogP contribution is -2.48. The second kappa shape index (κ2) is 5.54. The lowest BCUT2D eigenvalue weighted by molar-refractivity contribution is -0.0177. The van der Waals surface area contributed by atoms with Crippen molar-refractivity contribution in [3.63, 3.8) is 0 Å². The van der Waals surface area contributed by atoms with Crippen LogP contribution in [0.1, 0.15) is 6.42 Å². The van der Waals surface area contributed by atoms with E-state index in [1.165, 1.54) is 0 Å². The van der Waals surface area contributed by atoms with Gasteiger partial charge in [-0.3, -0.25) is 4.90 Å². The zero-order valence-electron chi connectivity index (χ0n) is 7.85. The molecule has 0 amide bonds. The predicted molar refractivity (Wildman–Crippen MR) is 49.2 cm³/mol. The number of aliphatic hydroxyl groups is 2. The SMILES string of the molecule is [CH2]C(O)C(CCO)N1CCOCC1. The number of ether oxygens (including phenoxy) is 1. The molecule has 13 heavy (non-hydrogen) atoms. The van der Waals surface area contributed by atoms with Gasteiger partial charge in [0.15, 0.2) is 0 Å². The van der Waals surface area contributed by atoms with Crippen LogP contribution < -0.4 is 0 Å². The fourth-order valence-corrected chi connectivity index (χ4v) is 1.66. The molecule has 4 nitrogen and oxygen atoms in total. The highest BCUT2D eigenvalue weighted by molar-refractivity contribution is 4.81. The van der Waals surface area contributed by atoms with Crippen molar-refractivity contribution in [3.05, 3.63) is 6.92 Å². The molecule has 0 aromatic carbocycles. The molecule has 1 saturated heterocycles. The fraction of sp³-hybridized carbons (Fsp3) is 0.889. The Morgan fingerprint density at radius 2 is 2.00 bits per heavy atom. The molecule has 0 bridgehead atoms. The van der Waals surface area contributed by atoms with Crippen LogP contribution in [-0.2, 0) is 4.74 Å². The lowest BCUT2D eigenvalue weighted by atomic mass is 10.1. The zero-order valence-corrected chi connectivity index (χ0v) is 7.85.